The normalized spacial score (nSPS) is 23.0. The van der Waals surface area contributed by atoms with E-state index in [0.29, 0.717) is 0 Å². The summed E-state index contributed by atoms with van der Waals surface area (Å²) in [5.74, 6) is -0.624. The largest absolute Gasteiger partial charge is 0.399 e. The third kappa shape index (κ3) is 1.99. The molecule has 1 aliphatic heterocycles. The van der Waals surface area contributed by atoms with Gasteiger partial charge in [-0.3, -0.25) is 14.5 Å². The van der Waals surface area contributed by atoms with Crippen LogP contribution in [-0.4, -0.2) is 57.8 Å². The van der Waals surface area contributed by atoms with Gasteiger partial charge < -0.3 is 10.2 Å². The molecule has 18 heavy (non-hydrogen) atoms. The van der Waals surface area contributed by atoms with E-state index in [1.165, 1.54) is 12.0 Å². The van der Waals surface area contributed by atoms with Gasteiger partial charge in [-0.25, -0.2) is 0 Å². The molecule has 0 radical (unpaired) electrons. The van der Waals surface area contributed by atoms with Gasteiger partial charge in [0.1, 0.15) is 19.4 Å². The average molecular weight is 253 g/mol. The minimum atomic E-state index is -0.626. The number of rotatable bonds is 4. The summed E-state index contributed by atoms with van der Waals surface area (Å²) in [4.78, 5) is 28.8. The van der Waals surface area contributed by atoms with Gasteiger partial charge in [0.15, 0.2) is 0 Å². The average Bonchev–Trinajstić information content (AvgIpc) is 2.87. The van der Waals surface area contributed by atoms with Crippen molar-refractivity contribution < 1.29 is 14.4 Å². The van der Waals surface area contributed by atoms with Gasteiger partial charge in [-0.2, -0.15) is 5.21 Å². The molecule has 2 heterocycles. The number of H-pyrrole nitrogens is 1. The van der Waals surface area contributed by atoms with Crippen LogP contribution < -0.4 is 10.2 Å². The Hall–Kier alpha value is -2.52. The van der Waals surface area contributed by atoms with Crippen molar-refractivity contribution in [1.29, 1.82) is 0 Å². The first-order valence-corrected chi connectivity index (χ1v) is 5.08. The van der Waals surface area contributed by atoms with Crippen LogP contribution in [-0.2, 0) is 14.4 Å². The summed E-state index contributed by atoms with van der Waals surface area (Å²) in [5.41, 5.74) is 0. The van der Waals surface area contributed by atoms with Crippen LogP contribution in [0.1, 0.15) is 6.92 Å². The van der Waals surface area contributed by atoms with Crippen LogP contribution in [0.15, 0.2) is 5.16 Å². The number of aromatic nitrogens is 4. The Labute approximate surface area is 101 Å². The molecule has 0 bridgehead atoms. The molecule has 2 unspecified atom stereocenters. The Bertz CT molecular complexity index is 471. The predicted octanol–water partition coefficient (Wildman–Crippen LogP) is -1.95. The van der Waals surface area contributed by atoms with E-state index < -0.39 is 11.9 Å². The summed E-state index contributed by atoms with van der Waals surface area (Å²) in [5, 5.41) is 18.8. The van der Waals surface area contributed by atoms with Gasteiger partial charge in [-0.05, 0) is 12.1 Å². The molecule has 0 aliphatic carbocycles. The second-order valence-corrected chi connectivity index (χ2v) is 3.56. The number of carbonyl (C=O) groups excluding carboxylic acids is 2. The molecule has 96 valence electrons. The lowest BCUT2D eigenvalue weighted by molar-refractivity contribution is -0.130. The smallest absolute Gasteiger partial charge is 0.272 e. The number of β-lactam (4-membered cyclic amide) rings is 1. The zero-order chi connectivity index (χ0) is 13.1. The molecule has 1 aromatic rings. The predicted molar refractivity (Wildman–Crippen MR) is 58.6 cm³/mol. The second-order valence-electron chi connectivity index (χ2n) is 3.56. The van der Waals surface area contributed by atoms with Crippen LogP contribution in [0.4, 0.5) is 5.95 Å². The maximum absolute atomic E-state index is 11.8. The summed E-state index contributed by atoms with van der Waals surface area (Å²) in [7, 11) is 1.32. The monoisotopic (exact) mass is 253 g/mol. The first-order valence-electron chi connectivity index (χ1n) is 5.08. The second kappa shape index (κ2) is 4.77. The van der Waals surface area contributed by atoms with E-state index in [0.717, 1.165) is 6.21 Å². The SMILES string of the molecule is CON=CC(=O)NC1C(=O)N(c2nn[nH]n2)C1C. The fourth-order valence-electron chi connectivity index (χ4n) is 1.64. The highest BCUT2D eigenvalue weighted by molar-refractivity contribution is 6.27. The molecular weight excluding hydrogens is 242 g/mol. The molecular formula is C8H11N7O3. The third-order valence-corrected chi connectivity index (χ3v) is 2.52. The number of hydrogen-bond acceptors (Lipinski definition) is 7. The van der Waals surface area contributed by atoms with Gasteiger partial charge in [0, 0.05) is 0 Å². The van der Waals surface area contributed by atoms with Gasteiger partial charge in [0.2, 0.25) is 0 Å². The minimum absolute atomic E-state index is 0.184. The first-order chi connectivity index (χ1) is 8.65. The number of carbonyl (C=O) groups is 2. The molecule has 2 amide bonds. The van der Waals surface area contributed by atoms with E-state index in [4.69, 9.17) is 0 Å². The van der Waals surface area contributed by atoms with Crippen molar-refractivity contribution in [1.82, 2.24) is 25.9 Å². The number of amides is 2. The lowest BCUT2D eigenvalue weighted by Gasteiger charge is -2.42. The van der Waals surface area contributed by atoms with Gasteiger partial charge in [0.05, 0.1) is 6.04 Å². The fourth-order valence-corrected chi connectivity index (χ4v) is 1.64. The number of aromatic amines is 1. The van der Waals surface area contributed by atoms with E-state index in [9.17, 15) is 9.59 Å². The lowest BCUT2D eigenvalue weighted by atomic mass is 9.97. The number of anilines is 1. The molecule has 2 N–H and O–H groups in total. The Morgan fingerprint density at radius 1 is 1.67 bits per heavy atom. The zero-order valence-electron chi connectivity index (χ0n) is 9.69. The molecule has 10 nitrogen and oxygen atoms in total. The number of hydrogen-bond donors (Lipinski definition) is 2. The zero-order valence-corrected chi connectivity index (χ0v) is 9.69. The molecule has 1 saturated heterocycles. The van der Waals surface area contributed by atoms with Gasteiger partial charge in [-0.1, -0.05) is 10.3 Å². The van der Waals surface area contributed by atoms with Crippen molar-refractivity contribution in [3.63, 3.8) is 0 Å². The summed E-state index contributed by atoms with van der Waals surface area (Å²) < 4.78 is 0. The van der Waals surface area contributed by atoms with E-state index in [1.54, 1.807) is 6.92 Å². The van der Waals surface area contributed by atoms with E-state index >= 15 is 0 Å². The maximum atomic E-state index is 11.8. The van der Waals surface area contributed by atoms with Crippen molar-refractivity contribution in [3.05, 3.63) is 0 Å². The fraction of sp³-hybridized carbons (Fsp3) is 0.500. The van der Waals surface area contributed by atoms with Crippen molar-refractivity contribution in [3.8, 4) is 0 Å². The molecule has 0 saturated carbocycles. The topological polar surface area (TPSA) is 125 Å². The first kappa shape index (κ1) is 12.0. The molecule has 1 aromatic heterocycles. The summed E-state index contributed by atoms with van der Waals surface area (Å²) in [6, 6.07) is -0.880. The van der Waals surface area contributed by atoms with Crippen molar-refractivity contribution >= 4 is 24.0 Å². The van der Waals surface area contributed by atoms with Crippen LogP contribution in [0.5, 0.6) is 0 Å². The van der Waals surface area contributed by atoms with Crippen molar-refractivity contribution in [2.45, 2.75) is 19.0 Å². The Kier molecular flexibility index (Phi) is 3.17. The number of tetrazole rings is 1. The quantitative estimate of drug-likeness (QED) is 0.365. The molecule has 1 fully saturated rings. The van der Waals surface area contributed by atoms with Crippen LogP contribution >= 0.6 is 0 Å². The number of oxime groups is 1. The standard InChI is InChI=1S/C8H11N7O3/c1-4-6(10-5(16)3-9-18-2)7(17)15(4)8-11-13-14-12-8/h3-4,6H,1-2H3,(H,10,16)(H,11,12,13,14). The number of nitrogens with zero attached hydrogens (tertiary/aromatic N) is 5. The van der Waals surface area contributed by atoms with E-state index in [1.807, 2.05) is 0 Å². The van der Waals surface area contributed by atoms with Crippen LogP contribution in [0.3, 0.4) is 0 Å². The van der Waals surface area contributed by atoms with Crippen LogP contribution in [0.25, 0.3) is 0 Å². The van der Waals surface area contributed by atoms with Crippen molar-refractivity contribution in [2.75, 3.05) is 12.0 Å². The molecule has 10 heteroatoms. The molecule has 0 spiro atoms. The van der Waals surface area contributed by atoms with E-state index in [2.05, 4.69) is 35.9 Å². The highest BCUT2D eigenvalue weighted by Crippen LogP contribution is 2.23. The highest BCUT2D eigenvalue weighted by atomic mass is 16.6. The Morgan fingerprint density at radius 3 is 3.00 bits per heavy atom. The lowest BCUT2D eigenvalue weighted by Crippen LogP contribution is -2.70. The van der Waals surface area contributed by atoms with Gasteiger partial charge in [-0.15, -0.1) is 5.10 Å². The van der Waals surface area contributed by atoms with Crippen LogP contribution in [0, 0.1) is 0 Å². The summed E-state index contributed by atoms with van der Waals surface area (Å²) in [6.07, 6.45) is 0.955. The van der Waals surface area contributed by atoms with Gasteiger partial charge in [0.25, 0.3) is 17.8 Å². The molecule has 2 rings (SSSR count). The highest BCUT2D eigenvalue weighted by Gasteiger charge is 2.47. The van der Waals surface area contributed by atoms with Crippen molar-refractivity contribution in [2.24, 2.45) is 5.16 Å². The number of nitrogens with one attached hydrogen (secondary N) is 2. The maximum Gasteiger partial charge on any atom is 0.272 e. The Morgan fingerprint density at radius 2 is 2.44 bits per heavy atom. The summed E-state index contributed by atoms with van der Waals surface area (Å²) >= 11 is 0. The molecule has 0 aromatic carbocycles. The van der Waals surface area contributed by atoms with Crippen LogP contribution in [0.2, 0.25) is 0 Å². The van der Waals surface area contributed by atoms with Gasteiger partial charge >= 0.3 is 0 Å². The summed E-state index contributed by atoms with van der Waals surface area (Å²) in [6.45, 7) is 1.76. The molecule has 1 aliphatic rings. The minimum Gasteiger partial charge on any atom is -0.399 e. The Balaban J connectivity index is 1.96. The van der Waals surface area contributed by atoms with E-state index in [-0.39, 0.29) is 17.9 Å². The molecule has 2 atom stereocenters. The third-order valence-electron chi connectivity index (χ3n) is 2.52.